The molecule has 0 bridgehead atoms. The van der Waals surface area contributed by atoms with Crippen molar-refractivity contribution in [2.75, 3.05) is 26.7 Å². The highest BCUT2D eigenvalue weighted by Gasteiger charge is 2.29. The normalized spacial score (nSPS) is 15.1. The third-order valence-electron chi connectivity index (χ3n) is 5.20. The van der Waals surface area contributed by atoms with Crippen LogP contribution in [0.1, 0.15) is 40.3 Å². The Labute approximate surface area is 162 Å². The first-order chi connectivity index (χ1) is 13.2. The predicted octanol–water partition coefficient (Wildman–Crippen LogP) is 1.05. The van der Waals surface area contributed by atoms with Crippen molar-refractivity contribution in [3.63, 3.8) is 0 Å². The number of fused-ring (bicyclic) bond motifs is 1. The van der Waals surface area contributed by atoms with Gasteiger partial charge in [0.2, 0.25) is 5.91 Å². The maximum absolute atomic E-state index is 13.0. The highest BCUT2D eigenvalue weighted by Crippen LogP contribution is 2.19. The standard InChI is InChI=1S/C19H25N5O4/c1-11-9-12(2)24-17(20-11)16(13(3)21-24)18(26)22(4)10-15(25)23-7-5-14(6-8-23)19(27)28/h9,14H,5-8,10H2,1-4H3,(H,27,28). The third-order valence-corrected chi connectivity index (χ3v) is 5.20. The Morgan fingerprint density at radius 1 is 1.21 bits per heavy atom. The van der Waals surface area contributed by atoms with Crippen LogP contribution in [0, 0.1) is 26.7 Å². The van der Waals surface area contributed by atoms with Gasteiger partial charge in [-0.15, -0.1) is 0 Å². The Morgan fingerprint density at radius 2 is 1.86 bits per heavy atom. The van der Waals surface area contributed by atoms with Gasteiger partial charge in [-0.3, -0.25) is 14.4 Å². The fraction of sp³-hybridized carbons (Fsp3) is 0.526. The van der Waals surface area contributed by atoms with Gasteiger partial charge in [-0.2, -0.15) is 5.10 Å². The lowest BCUT2D eigenvalue weighted by atomic mass is 9.97. The van der Waals surface area contributed by atoms with Gasteiger partial charge >= 0.3 is 5.97 Å². The van der Waals surface area contributed by atoms with Crippen molar-refractivity contribution in [3.05, 3.63) is 28.7 Å². The van der Waals surface area contributed by atoms with Crippen LogP contribution in [0.15, 0.2) is 6.07 Å². The highest BCUT2D eigenvalue weighted by atomic mass is 16.4. The van der Waals surface area contributed by atoms with Crippen LogP contribution >= 0.6 is 0 Å². The van der Waals surface area contributed by atoms with Crippen LogP contribution in [0.25, 0.3) is 5.65 Å². The molecule has 1 aliphatic heterocycles. The monoisotopic (exact) mass is 387 g/mol. The second kappa shape index (κ2) is 7.57. The van der Waals surface area contributed by atoms with E-state index in [-0.39, 0.29) is 18.4 Å². The first kappa shape index (κ1) is 19.8. The van der Waals surface area contributed by atoms with Gasteiger partial charge in [0.05, 0.1) is 18.2 Å². The molecule has 9 heteroatoms. The van der Waals surface area contributed by atoms with Crippen molar-refractivity contribution in [1.82, 2.24) is 24.4 Å². The smallest absolute Gasteiger partial charge is 0.306 e. The van der Waals surface area contributed by atoms with E-state index in [0.717, 1.165) is 11.4 Å². The van der Waals surface area contributed by atoms with Crippen LogP contribution in [0.2, 0.25) is 0 Å². The number of carboxylic acids is 1. The molecule has 2 amide bonds. The number of carbonyl (C=O) groups excluding carboxylic acids is 2. The highest BCUT2D eigenvalue weighted by molar-refractivity contribution is 6.02. The summed E-state index contributed by atoms with van der Waals surface area (Å²) in [6, 6.07) is 1.89. The van der Waals surface area contributed by atoms with Gasteiger partial charge in [0.15, 0.2) is 5.65 Å². The Hall–Kier alpha value is -2.97. The summed E-state index contributed by atoms with van der Waals surface area (Å²) in [6.45, 7) is 6.23. The summed E-state index contributed by atoms with van der Waals surface area (Å²) in [5.74, 6) is -1.71. The van der Waals surface area contributed by atoms with Crippen LogP contribution in [0.5, 0.6) is 0 Å². The number of carboxylic acid groups (broad SMARTS) is 1. The maximum Gasteiger partial charge on any atom is 0.306 e. The molecule has 3 heterocycles. The second-order valence-electron chi connectivity index (χ2n) is 7.39. The molecule has 9 nitrogen and oxygen atoms in total. The van der Waals surface area contributed by atoms with Crippen molar-refractivity contribution in [3.8, 4) is 0 Å². The van der Waals surface area contributed by atoms with E-state index >= 15 is 0 Å². The molecule has 0 aliphatic carbocycles. The van der Waals surface area contributed by atoms with Crippen molar-refractivity contribution >= 4 is 23.4 Å². The number of piperidine rings is 1. The number of nitrogens with zero attached hydrogens (tertiary/aromatic N) is 5. The quantitative estimate of drug-likeness (QED) is 0.840. The molecule has 2 aromatic heterocycles. The summed E-state index contributed by atoms with van der Waals surface area (Å²) in [5.41, 5.74) is 3.12. The zero-order valence-electron chi connectivity index (χ0n) is 16.6. The Morgan fingerprint density at radius 3 is 2.46 bits per heavy atom. The molecule has 0 saturated carbocycles. The lowest BCUT2D eigenvalue weighted by molar-refractivity contribution is -0.145. The van der Waals surface area contributed by atoms with Crippen molar-refractivity contribution in [2.24, 2.45) is 5.92 Å². The minimum Gasteiger partial charge on any atom is -0.481 e. The van der Waals surface area contributed by atoms with Gasteiger partial charge in [0.25, 0.3) is 5.91 Å². The van der Waals surface area contributed by atoms with Gasteiger partial charge in [0.1, 0.15) is 5.56 Å². The van der Waals surface area contributed by atoms with Crippen LogP contribution in [0.4, 0.5) is 0 Å². The van der Waals surface area contributed by atoms with Gasteiger partial charge in [-0.25, -0.2) is 9.50 Å². The number of amides is 2. The van der Waals surface area contributed by atoms with Gasteiger partial charge in [0, 0.05) is 31.5 Å². The molecule has 0 unspecified atom stereocenters. The van der Waals surface area contributed by atoms with E-state index in [4.69, 9.17) is 5.11 Å². The van der Waals surface area contributed by atoms with Gasteiger partial charge < -0.3 is 14.9 Å². The summed E-state index contributed by atoms with van der Waals surface area (Å²) in [7, 11) is 1.58. The molecule has 1 aliphatic rings. The molecular formula is C19H25N5O4. The zero-order chi connectivity index (χ0) is 20.6. The number of likely N-dealkylation sites (tertiary alicyclic amines) is 1. The van der Waals surface area contributed by atoms with Crippen LogP contribution < -0.4 is 0 Å². The fourth-order valence-electron chi connectivity index (χ4n) is 3.62. The largest absolute Gasteiger partial charge is 0.481 e. The summed E-state index contributed by atoms with van der Waals surface area (Å²) < 4.78 is 1.64. The number of aromatic nitrogens is 3. The average Bonchev–Trinajstić information content (AvgIpc) is 2.97. The molecular weight excluding hydrogens is 362 g/mol. The fourth-order valence-corrected chi connectivity index (χ4v) is 3.62. The summed E-state index contributed by atoms with van der Waals surface area (Å²) in [6.07, 6.45) is 0.878. The molecule has 0 aromatic carbocycles. The van der Waals surface area contributed by atoms with Crippen molar-refractivity contribution in [2.45, 2.75) is 33.6 Å². The van der Waals surface area contributed by atoms with E-state index in [1.54, 1.807) is 23.4 Å². The van der Waals surface area contributed by atoms with E-state index in [1.807, 2.05) is 19.9 Å². The topological polar surface area (TPSA) is 108 Å². The van der Waals surface area contributed by atoms with Crippen LogP contribution in [-0.2, 0) is 9.59 Å². The number of likely N-dealkylation sites (N-methyl/N-ethyl adjacent to an activating group) is 1. The summed E-state index contributed by atoms with van der Waals surface area (Å²) in [5, 5.41) is 13.5. The number of aliphatic carboxylic acids is 1. The number of aryl methyl sites for hydroxylation is 3. The number of carbonyl (C=O) groups is 3. The van der Waals surface area contributed by atoms with Gasteiger partial charge in [-0.05, 0) is 39.7 Å². The van der Waals surface area contributed by atoms with Crippen molar-refractivity contribution in [1.29, 1.82) is 0 Å². The van der Waals surface area contributed by atoms with Crippen LogP contribution in [-0.4, -0.2) is 74.0 Å². The van der Waals surface area contributed by atoms with E-state index in [1.165, 1.54) is 4.90 Å². The second-order valence-corrected chi connectivity index (χ2v) is 7.39. The SMILES string of the molecule is Cc1cc(C)n2nc(C)c(C(=O)N(C)CC(=O)N3CCC(C(=O)O)CC3)c2n1. The minimum atomic E-state index is -0.818. The summed E-state index contributed by atoms with van der Waals surface area (Å²) >= 11 is 0. The van der Waals surface area contributed by atoms with Crippen molar-refractivity contribution < 1.29 is 19.5 Å². The van der Waals surface area contributed by atoms with E-state index in [2.05, 4.69) is 10.1 Å². The zero-order valence-corrected chi connectivity index (χ0v) is 16.6. The first-order valence-electron chi connectivity index (χ1n) is 9.28. The molecule has 1 saturated heterocycles. The number of hydrogen-bond acceptors (Lipinski definition) is 5. The van der Waals surface area contributed by atoms with E-state index < -0.39 is 11.9 Å². The molecule has 1 fully saturated rings. The lowest BCUT2D eigenvalue weighted by Crippen LogP contribution is -2.45. The Balaban J connectivity index is 1.73. The van der Waals surface area contributed by atoms with Crippen LogP contribution in [0.3, 0.4) is 0 Å². The lowest BCUT2D eigenvalue weighted by Gasteiger charge is -2.31. The third kappa shape index (κ3) is 3.69. The molecule has 2 aromatic rings. The predicted molar refractivity (Wildman–Crippen MR) is 101 cm³/mol. The van der Waals surface area contributed by atoms with E-state index in [0.29, 0.717) is 42.8 Å². The molecule has 150 valence electrons. The molecule has 3 rings (SSSR count). The average molecular weight is 387 g/mol. The molecule has 28 heavy (non-hydrogen) atoms. The maximum atomic E-state index is 13.0. The molecule has 0 radical (unpaired) electrons. The number of hydrogen-bond donors (Lipinski definition) is 1. The molecule has 1 N–H and O–H groups in total. The minimum absolute atomic E-state index is 0.0713. The Kier molecular flexibility index (Phi) is 5.35. The van der Waals surface area contributed by atoms with E-state index in [9.17, 15) is 14.4 Å². The Bertz CT molecular complexity index is 943. The molecule has 0 spiro atoms. The van der Waals surface area contributed by atoms with Gasteiger partial charge in [-0.1, -0.05) is 0 Å². The first-order valence-corrected chi connectivity index (χ1v) is 9.28. The summed E-state index contributed by atoms with van der Waals surface area (Å²) in [4.78, 5) is 44.1. The number of rotatable bonds is 4. The molecule has 0 atom stereocenters.